The summed E-state index contributed by atoms with van der Waals surface area (Å²) in [5, 5.41) is 11.3. The Bertz CT molecular complexity index is 1020. The molecule has 150 valence electrons. The summed E-state index contributed by atoms with van der Waals surface area (Å²) in [6.07, 6.45) is 3.42. The molecule has 1 aromatic heterocycles. The van der Waals surface area contributed by atoms with E-state index in [1.807, 2.05) is 48.2 Å². The smallest absolute Gasteiger partial charge is 0.254 e. The first-order valence-electron chi connectivity index (χ1n) is 9.49. The largest absolute Gasteiger partial charge is 0.493 e. The first-order chi connectivity index (χ1) is 14.1. The van der Waals surface area contributed by atoms with Crippen LogP contribution in [0.5, 0.6) is 11.5 Å². The number of ether oxygens (including phenoxy) is 2. The lowest BCUT2D eigenvalue weighted by atomic mass is 10.0. The van der Waals surface area contributed by atoms with E-state index in [2.05, 4.69) is 15.5 Å². The van der Waals surface area contributed by atoms with Crippen LogP contribution in [0.1, 0.15) is 40.4 Å². The number of benzene rings is 2. The van der Waals surface area contributed by atoms with Crippen LogP contribution in [-0.2, 0) is 0 Å². The van der Waals surface area contributed by atoms with Crippen LogP contribution in [0.4, 0.5) is 0 Å². The van der Waals surface area contributed by atoms with Crippen molar-refractivity contribution in [2.24, 2.45) is 0 Å². The highest BCUT2D eigenvalue weighted by atomic mass is 16.5. The van der Waals surface area contributed by atoms with Crippen LogP contribution in [-0.4, -0.2) is 51.8 Å². The number of carbonyl (C=O) groups excluding carboxylic acids is 1. The minimum Gasteiger partial charge on any atom is -0.493 e. The van der Waals surface area contributed by atoms with Gasteiger partial charge in [0.15, 0.2) is 11.5 Å². The van der Waals surface area contributed by atoms with Gasteiger partial charge < -0.3 is 14.4 Å². The van der Waals surface area contributed by atoms with E-state index in [1.165, 1.54) is 6.33 Å². The highest BCUT2D eigenvalue weighted by Crippen LogP contribution is 2.37. The van der Waals surface area contributed by atoms with Gasteiger partial charge in [0.2, 0.25) is 0 Å². The van der Waals surface area contributed by atoms with Crippen molar-refractivity contribution in [1.82, 2.24) is 25.1 Å². The van der Waals surface area contributed by atoms with Crippen molar-refractivity contribution in [3.05, 3.63) is 59.4 Å². The molecule has 1 saturated heterocycles. The molecule has 2 aromatic carbocycles. The molecule has 1 fully saturated rings. The summed E-state index contributed by atoms with van der Waals surface area (Å²) in [5.74, 6) is 1.38. The Hall–Kier alpha value is -3.42. The lowest BCUT2D eigenvalue weighted by Crippen LogP contribution is -2.30. The third-order valence-electron chi connectivity index (χ3n) is 5.35. The van der Waals surface area contributed by atoms with Gasteiger partial charge in [0.1, 0.15) is 6.33 Å². The number of nitrogens with zero attached hydrogens (tertiary/aromatic N) is 5. The maximum atomic E-state index is 13.3. The van der Waals surface area contributed by atoms with Gasteiger partial charge in [-0.1, -0.05) is 6.07 Å². The average Bonchev–Trinajstić information content (AvgIpc) is 3.44. The normalized spacial score (nSPS) is 16.1. The predicted octanol–water partition coefficient (Wildman–Crippen LogP) is 2.97. The predicted molar refractivity (Wildman–Crippen MR) is 106 cm³/mol. The molecule has 0 radical (unpaired) electrons. The fourth-order valence-electron chi connectivity index (χ4n) is 3.90. The second-order valence-electron chi connectivity index (χ2n) is 7.03. The second-order valence-corrected chi connectivity index (χ2v) is 7.03. The Morgan fingerprint density at radius 1 is 1.10 bits per heavy atom. The van der Waals surface area contributed by atoms with E-state index in [0.29, 0.717) is 17.1 Å². The molecule has 1 unspecified atom stereocenters. The van der Waals surface area contributed by atoms with E-state index < -0.39 is 0 Å². The summed E-state index contributed by atoms with van der Waals surface area (Å²) >= 11 is 0. The zero-order valence-corrected chi connectivity index (χ0v) is 16.7. The van der Waals surface area contributed by atoms with Crippen LogP contribution in [0.25, 0.3) is 5.69 Å². The van der Waals surface area contributed by atoms with Gasteiger partial charge in [-0.05, 0) is 71.7 Å². The minimum atomic E-state index is 0.0156. The van der Waals surface area contributed by atoms with Gasteiger partial charge in [-0.15, -0.1) is 5.10 Å². The number of aryl methyl sites for hydroxylation is 1. The van der Waals surface area contributed by atoms with E-state index in [1.54, 1.807) is 18.9 Å². The van der Waals surface area contributed by atoms with Crippen molar-refractivity contribution < 1.29 is 14.3 Å². The molecular weight excluding hydrogens is 370 g/mol. The van der Waals surface area contributed by atoms with E-state index in [0.717, 1.165) is 36.2 Å². The maximum absolute atomic E-state index is 13.3. The van der Waals surface area contributed by atoms with Gasteiger partial charge in [-0.25, -0.2) is 4.68 Å². The molecule has 0 N–H and O–H groups in total. The van der Waals surface area contributed by atoms with Crippen LogP contribution in [0, 0.1) is 6.92 Å². The first-order valence-corrected chi connectivity index (χ1v) is 9.49. The Morgan fingerprint density at radius 3 is 2.62 bits per heavy atom. The average molecular weight is 393 g/mol. The number of likely N-dealkylation sites (tertiary alicyclic amines) is 1. The molecule has 3 aromatic rings. The SMILES string of the molecule is COc1ccc(C2CCCN2C(=O)c2ccc(-n3cnnn3)c(C)c2)cc1OC. The van der Waals surface area contributed by atoms with Crippen molar-refractivity contribution in [3.63, 3.8) is 0 Å². The molecule has 0 bridgehead atoms. The number of hydrogen-bond acceptors (Lipinski definition) is 6. The van der Waals surface area contributed by atoms with Crippen LogP contribution in [0.3, 0.4) is 0 Å². The second kappa shape index (κ2) is 7.90. The van der Waals surface area contributed by atoms with Crippen molar-refractivity contribution in [1.29, 1.82) is 0 Å². The molecule has 29 heavy (non-hydrogen) atoms. The summed E-state index contributed by atoms with van der Waals surface area (Å²) in [6.45, 7) is 2.68. The number of rotatable bonds is 5. The Kier molecular flexibility index (Phi) is 5.16. The van der Waals surface area contributed by atoms with Gasteiger partial charge in [-0.3, -0.25) is 4.79 Å². The number of hydrogen-bond donors (Lipinski definition) is 0. The van der Waals surface area contributed by atoms with Crippen molar-refractivity contribution >= 4 is 5.91 Å². The molecule has 1 aliphatic heterocycles. The molecule has 1 atom stereocenters. The molecule has 8 nitrogen and oxygen atoms in total. The molecule has 2 heterocycles. The lowest BCUT2D eigenvalue weighted by Gasteiger charge is -2.26. The zero-order valence-electron chi connectivity index (χ0n) is 16.7. The molecule has 1 amide bonds. The molecule has 1 aliphatic rings. The fraction of sp³-hybridized carbons (Fsp3) is 0.333. The lowest BCUT2D eigenvalue weighted by molar-refractivity contribution is 0.0735. The molecule has 0 aliphatic carbocycles. The maximum Gasteiger partial charge on any atom is 0.254 e. The number of carbonyl (C=O) groups is 1. The quantitative estimate of drug-likeness (QED) is 0.663. The van der Waals surface area contributed by atoms with Crippen molar-refractivity contribution in [3.8, 4) is 17.2 Å². The Balaban J connectivity index is 1.61. The molecule has 0 spiro atoms. The summed E-state index contributed by atoms with van der Waals surface area (Å²) in [4.78, 5) is 15.2. The molecule has 4 rings (SSSR count). The highest BCUT2D eigenvalue weighted by molar-refractivity contribution is 5.95. The standard InChI is InChI=1S/C21H23N5O3/c1-14-11-16(6-8-17(14)26-13-22-23-24-26)21(27)25-10-4-5-18(25)15-7-9-19(28-2)20(12-15)29-3/h6-9,11-13,18H,4-5,10H2,1-3H3. The van der Waals surface area contributed by atoms with E-state index in [9.17, 15) is 4.79 Å². The summed E-state index contributed by atoms with van der Waals surface area (Å²) in [7, 11) is 3.23. The number of methoxy groups -OCH3 is 2. The Morgan fingerprint density at radius 2 is 1.93 bits per heavy atom. The summed E-state index contributed by atoms with van der Waals surface area (Å²) in [6, 6.07) is 11.5. The van der Waals surface area contributed by atoms with Gasteiger partial charge in [0.05, 0.1) is 25.9 Å². The van der Waals surface area contributed by atoms with E-state index in [-0.39, 0.29) is 11.9 Å². The summed E-state index contributed by atoms with van der Waals surface area (Å²) in [5.41, 5.74) is 3.50. The van der Waals surface area contributed by atoms with E-state index >= 15 is 0 Å². The van der Waals surface area contributed by atoms with Gasteiger partial charge in [0.25, 0.3) is 5.91 Å². The molecule has 8 heteroatoms. The first kappa shape index (κ1) is 18.9. The minimum absolute atomic E-state index is 0.0156. The van der Waals surface area contributed by atoms with Crippen molar-refractivity contribution in [2.75, 3.05) is 20.8 Å². The monoisotopic (exact) mass is 393 g/mol. The third kappa shape index (κ3) is 3.53. The Labute approximate surface area is 169 Å². The van der Waals surface area contributed by atoms with Crippen LogP contribution in [0.2, 0.25) is 0 Å². The fourth-order valence-corrected chi connectivity index (χ4v) is 3.90. The molecular formula is C21H23N5O3. The number of amides is 1. The van der Waals surface area contributed by atoms with E-state index in [4.69, 9.17) is 9.47 Å². The van der Waals surface area contributed by atoms with Crippen LogP contribution < -0.4 is 9.47 Å². The number of aromatic nitrogens is 4. The van der Waals surface area contributed by atoms with Crippen LogP contribution in [0.15, 0.2) is 42.7 Å². The zero-order chi connectivity index (χ0) is 20.4. The summed E-state index contributed by atoms with van der Waals surface area (Å²) < 4.78 is 12.4. The van der Waals surface area contributed by atoms with Crippen LogP contribution >= 0.6 is 0 Å². The third-order valence-corrected chi connectivity index (χ3v) is 5.35. The van der Waals surface area contributed by atoms with Crippen molar-refractivity contribution in [2.45, 2.75) is 25.8 Å². The topological polar surface area (TPSA) is 82.4 Å². The van der Waals surface area contributed by atoms with Gasteiger partial charge in [0, 0.05) is 12.1 Å². The van der Waals surface area contributed by atoms with Gasteiger partial charge in [-0.2, -0.15) is 0 Å². The number of tetrazole rings is 1. The van der Waals surface area contributed by atoms with Gasteiger partial charge >= 0.3 is 0 Å². The molecule has 0 saturated carbocycles. The highest BCUT2D eigenvalue weighted by Gasteiger charge is 2.31.